The summed E-state index contributed by atoms with van der Waals surface area (Å²) >= 11 is 6.45. The number of anilines is 2. The van der Waals surface area contributed by atoms with E-state index in [1.54, 1.807) is 55.3 Å². The number of nitriles is 1. The summed E-state index contributed by atoms with van der Waals surface area (Å²) in [5.41, 5.74) is 0.167. The minimum absolute atomic E-state index is 0.123. The maximum atomic E-state index is 13.9. The average Bonchev–Trinajstić information content (AvgIpc) is 3.21. The van der Waals surface area contributed by atoms with Crippen molar-refractivity contribution in [1.82, 2.24) is 33.9 Å². The molecule has 1 aromatic carbocycles. The number of benzene rings is 1. The number of aromatic nitrogens is 7. The van der Waals surface area contributed by atoms with Gasteiger partial charge in [0.1, 0.15) is 6.07 Å². The summed E-state index contributed by atoms with van der Waals surface area (Å²) in [5.74, 6) is -0.913. The fourth-order valence-electron chi connectivity index (χ4n) is 3.81. The Morgan fingerprint density at radius 3 is 2.73 bits per heavy atom. The second-order valence-corrected chi connectivity index (χ2v) is 8.61. The third kappa shape index (κ3) is 4.55. The molecule has 1 N–H and O–H groups in total. The average molecular weight is 518 g/mol. The predicted molar refractivity (Wildman–Crippen MR) is 134 cm³/mol. The molecule has 0 spiro atoms. The van der Waals surface area contributed by atoms with Crippen LogP contribution in [0.15, 0.2) is 58.5 Å². The fourth-order valence-corrected chi connectivity index (χ4v) is 4.02. The molecule has 37 heavy (non-hydrogen) atoms. The number of halogens is 2. The molecule has 0 bridgehead atoms. The molecule has 0 amide bonds. The van der Waals surface area contributed by atoms with E-state index in [9.17, 15) is 14.0 Å². The number of rotatable bonds is 5. The smallest absolute Gasteiger partial charge is 0.324 e. The Balaban J connectivity index is 1.69. The molecule has 0 radical (unpaired) electrons. The molecule has 0 atom stereocenters. The van der Waals surface area contributed by atoms with Gasteiger partial charge in [-0.3, -0.25) is 14.2 Å². The molecule has 13 heteroatoms. The van der Waals surface area contributed by atoms with Crippen LogP contribution in [0.3, 0.4) is 0 Å². The quantitative estimate of drug-likeness (QED) is 0.376. The second-order valence-electron chi connectivity index (χ2n) is 8.21. The van der Waals surface area contributed by atoms with Gasteiger partial charge in [-0.05, 0) is 42.8 Å². The third-order valence-corrected chi connectivity index (χ3v) is 5.79. The third-order valence-electron chi connectivity index (χ3n) is 5.47. The van der Waals surface area contributed by atoms with Crippen LogP contribution >= 0.6 is 11.6 Å². The highest BCUT2D eigenvalue weighted by Gasteiger charge is 2.18. The van der Waals surface area contributed by atoms with Gasteiger partial charge < -0.3 is 5.32 Å². The van der Waals surface area contributed by atoms with Gasteiger partial charge in [0.15, 0.2) is 11.5 Å². The highest BCUT2D eigenvalue weighted by atomic mass is 35.5. The molecule has 11 nitrogen and oxygen atoms in total. The number of aryl methyl sites for hydroxylation is 2. The number of fused-ring (bicyclic) bond motifs is 1. The van der Waals surface area contributed by atoms with Gasteiger partial charge in [-0.15, -0.1) is 0 Å². The van der Waals surface area contributed by atoms with Gasteiger partial charge in [-0.25, -0.2) is 23.5 Å². The number of nitrogens with one attached hydrogen (secondary N) is 1. The number of hydrogen-bond acceptors (Lipinski definition) is 8. The van der Waals surface area contributed by atoms with Crippen LogP contribution in [0.2, 0.25) is 5.02 Å². The van der Waals surface area contributed by atoms with Gasteiger partial charge in [0.05, 0.1) is 40.3 Å². The maximum Gasteiger partial charge on any atom is 0.359 e. The molecule has 5 rings (SSSR count). The highest BCUT2D eigenvalue weighted by Crippen LogP contribution is 2.29. The molecule has 0 unspecified atom stereocenters. The number of nitrogens with zero attached hydrogens (tertiary/aromatic N) is 8. The Morgan fingerprint density at radius 2 is 1.97 bits per heavy atom. The van der Waals surface area contributed by atoms with Gasteiger partial charge in [-0.2, -0.15) is 15.3 Å². The van der Waals surface area contributed by atoms with Crippen LogP contribution in [-0.4, -0.2) is 33.9 Å². The topological polar surface area (TPSA) is 136 Å². The SMILES string of the molecule is Cc1cncc(-n2c(=O)nc(Nc3cc4cn(C)nc4cc3Cl)n(Cc3ccc(F)c(C#N)n3)c2=O)c1. The van der Waals surface area contributed by atoms with Crippen LogP contribution in [0, 0.1) is 24.1 Å². The van der Waals surface area contributed by atoms with Crippen molar-refractivity contribution in [2.45, 2.75) is 13.5 Å². The van der Waals surface area contributed by atoms with Gasteiger partial charge in [0.2, 0.25) is 5.95 Å². The van der Waals surface area contributed by atoms with Crippen LogP contribution in [0.4, 0.5) is 16.0 Å². The van der Waals surface area contributed by atoms with E-state index in [2.05, 4.69) is 25.4 Å². The van der Waals surface area contributed by atoms with E-state index in [0.29, 0.717) is 11.2 Å². The molecule has 0 aliphatic heterocycles. The Hall–Kier alpha value is -4.89. The Bertz CT molecular complexity index is 1850. The van der Waals surface area contributed by atoms with E-state index in [4.69, 9.17) is 16.9 Å². The van der Waals surface area contributed by atoms with Crippen LogP contribution in [-0.2, 0) is 13.6 Å². The summed E-state index contributed by atoms with van der Waals surface area (Å²) in [6.07, 6.45) is 4.73. The van der Waals surface area contributed by atoms with Crippen LogP contribution in [0.1, 0.15) is 17.0 Å². The molecule has 5 aromatic rings. The Labute approximate surface area is 213 Å². The summed E-state index contributed by atoms with van der Waals surface area (Å²) in [4.78, 5) is 38.8. The van der Waals surface area contributed by atoms with Crippen molar-refractivity contribution in [1.29, 1.82) is 5.26 Å². The lowest BCUT2D eigenvalue weighted by Gasteiger charge is -2.16. The first-order valence-electron chi connectivity index (χ1n) is 10.8. The zero-order valence-corrected chi connectivity index (χ0v) is 20.2. The zero-order chi connectivity index (χ0) is 26.3. The van der Waals surface area contributed by atoms with Crippen molar-refractivity contribution in [2.24, 2.45) is 7.05 Å². The summed E-state index contributed by atoms with van der Waals surface area (Å²) in [7, 11) is 1.77. The minimum atomic E-state index is -0.848. The molecule has 0 fully saturated rings. The lowest BCUT2D eigenvalue weighted by Crippen LogP contribution is -2.42. The van der Waals surface area contributed by atoms with Crippen molar-refractivity contribution in [3.8, 4) is 11.8 Å². The predicted octanol–water partition coefficient (Wildman–Crippen LogP) is 2.84. The van der Waals surface area contributed by atoms with Crippen LogP contribution in [0.25, 0.3) is 16.6 Å². The molecule has 0 saturated carbocycles. The molecular weight excluding hydrogens is 501 g/mol. The Kier molecular flexibility index (Phi) is 5.98. The summed E-state index contributed by atoms with van der Waals surface area (Å²) < 4.78 is 17.5. The van der Waals surface area contributed by atoms with Crippen molar-refractivity contribution in [3.63, 3.8) is 0 Å². The lowest BCUT2D eigenvalue weighted by molar-refractivity contribution is 0.606. The molecular formula is C24H17ClFN9O2. The van der Waals surface area contributed by atoms with Crippen molar-refractivity contribution in [3.05, 3.63) is 97.7 Å². The highest BCUT2D eigenvalue weighted by molar-refractivity contribution is 6.34. The molecule has 0 saturated heterocycles. The summed E-state index contributed by atoms with van der Waals surface area (Å²) in [5, 5.41) is 17.5. The summed E-state index contributed by atoms with van der Waals surface area (Å²) in [6.45, 7) is 1.54. The van der Waals surface area contributed by atoms with Gasteiger partial charge >= 0.3 is 11.4 Å². The van der Waals surface area contributed by atoms with E-state index < -0.39 is 22.9 Å². The molecule has 4 heterocycles. The number of hydrogen-bond donors (Lipinski definition) is 1. The van der Waals surface area contributed by atoms with Gasteiger partial charge in [0.25, 0.3) is 0 Å². The van der Waals surface area contributed by atoms with E-state index >= 15 is 0 Å². The Morgan fingerprint density at radius 1 is 1.16 bits per heavy atom. The molecule has 184 valence electrons. The fraction of sp³-hybridized carbons (Fsp3) is 0.125. The van der Waals surface area contributed by atoms with Gasteiger partial charge in [-0.1, -0.05) is 11.6 Å². The van der Waals surface area contributed by atoms with Crippen molar-refractivity contribution in [2.75, 3.05) is 5.32 Å². The monoisotopic (exact) mass is 517 g/mol. The molecule has 0 aliphatic carbocycles. The lowest BCUT2D eigenvalue weighted by atomic mass is 10.2. The normalized spacial score (nSPS) is 11.0. The maximum absolute atomic E-state index is 13.9. The van der Waals surface area contributed by atoms with E-state index in [0.717, 1.165) is 26.2 Å². The van der Waals surface area contributed by atoms with E-state index in [-0.39, 0.29) is 28.9 Å². The van der Waals surface area contributed by atoms with Crippen LogP contribution < -0.4 is 16.7 Å². The minimum Gasteiger partial charge on any atom is -0.324 e. The molecule has 0 aliphatic rings. The first-order valence-corrected chi connectivity index (χ1v) is 11.2. The summed E-state index contributed by atoms with van der Waals surface area (Å²) in [6, 6.07) is 9.06. The first-order chi connectivity index (χ1) is 17.7. The van der Waals surface area contributed by atoms with E-state index in [1.807, 2.05) is 0 Å². The van der Waals surface area contributed by atoms with Gasteiger partial charge in [0, 0.05) is 24.8 Å². The number of pyridine rings is 2. The largest absolute Gasteiger partial charge is 0.359 e. The first kappa shape index (κ1) is 23.8. The second kappa shape index (κ2) is 9.29. The van der Waals surface area contributed by atoms with Crippen LogP contribution in [0.5, 0.6) is 0 Å². The van der Waals surface area contributed by atoms with Crippen molar-refractivity contribution >= 4 is 34.1 Å². The van der Waals surface area contributed by atoms with E-state index in [1.165, 1.54) is 12.3 Å². The zero-order valence-electron chi connectivity index (χ0n) is 19.5. The standard InChI is InChI=1S/C24H17ClFN9O2/c1-13-5-16(10-28-9-13)35-23(36)31-22(30-20-6-14-11-33(2)32-19(14)7-17(20)25)34(24(35)37)12-15-3-4-18(26)21(8-27)29-15/h3-7,9-11H,12H2,1-2H3,(H,30,31,36). The molecule has 4 aromatic heterocycles. The van der Waals surface area contributed by atoms with Crippen molar-refractivity contribution < 1.29 is 4.39 Å².